The molecule has 1 amide bonds. The molecule has 0 radical (unpaired) electrons. The molecule has 102 valence electrons. The maximum Gasteiger partial charge on any atom is 0.263 e. The van der Waals surface area contributed by atoms with Crippen molar-refractivity contribution >= 4 is 56.0 Å². The number of halogens is 1. The van der Waals surface area contributed by atoms with E-state index in [2.05, 4.69) is 10.3 Å². The van der Waals surface area contributed by atoms with E-state index in [-0.39, 0.29) is 5.91 Å². The molecule has 2 aromatic heterocycles. The number of fused-ring (bicyclic) bond motifs is 1. The minimum absolute atomic E-state index is 0.185. The number of nitrogen functional groups attached to an aromatic ring is 1. The fourth-order valence-corrected chi connectivity index (χ4v) is 3.71. The van der Waals surface area contributed by atoms with Crippen LogP contribution in [-0.4, -0.2) is 10.9 Å². The summed E-state index contributed by atoms with van der Waals surface area (Å²) in [5, 5.41) is 7.05. The van der Waals surface area contributed by atoms with Gasteiger partial charge in [0.05, 0.1) is 12.2 Å². The molecule has 0 spiro atoms. The van der Waals surface area contributed by atoms with Crippen LogP contribution in [-0.2, 0) is 6.54 Å². The van der Waals surface area contributed by atoms with E-state index in [1.54, 1.807) is 12.3 Å². The fraction of sp³-hybridized carbons (Fsp3) is 0.0769. The van der Waals surface area contributed by atoms with Crippen LogP contribution in [0.3, 0.4) is 0 Å². The van der Waals surface area contributed by atoms with Crippen LogP contribution in [0.1, 0.15) is 14.7 Å². The van der Waals surface area contributed by atoms with Gasteiger partial charge in [-0.05, 0) is 18.2 Å². The van der Waals surface area contributed by atoms with E-state index >= 15 is 0 Å². The maximum absolute atomic E-state index is 12.2. The Hall–Kier alpha value is -1.63. The molecular weight excluding hydrogens is 314 g/mol. The van der Waals surface area contributed by atoms with Crippen LogP contribution >= 0.6 is 34.3 Å². The van der Waals surface area contributed by atoms with Gasteiger partial charge in [-0.1, -0.05) is 11.6 Å². The summed E-state index contributed by atoms with van der Waals surface area (Å²) in [6.45, 7) is 0.408. The predicted molar refractivity (Wildman–Crippen MR) is 84.5 cm³/mol. The second kappa shape index (κ2) is 5.40. The Morgan fingerprint density at radius 1 is 1.45 bits per heavy atom. The molecule has 3 rings (SSSR count). The van der Waals surface area contributed by atoms with Crippen LogP contribution < -0.4 is 11.1 Å². The number of amides is 1. The molecule has 3 N–H and O–H groups in total. The van der Waals surface area contributed by atoms with E-state index < -0.39 is 0 Å². The highest BCUT2D eigenvalue weighted by Crippen LogP contribution is 2.35. The Morgan fingerprint density at radius 3 is 3.05 bits per heavy atom. The summed E-state index contributed by atoms with van der Waals surface area (Å²) < 4.78 is 0.911. The third kappa shape index (κ3) is 2.49. The standard InChI is InChI=1S/C13H10ClN3OS2/c14-7-1-2-8-9(5-7)20-12(11(8)15)13(18)17-6-10-16-3-4-19-10/h1-5H,6,15H2,(H,17,18). The van der Waals surface area contributed by atoms with Crippen LogP contribution in [0, 0.1) is 0 Å². The molecule has 4 nitrogen and oxygen atoms in total. The summed E-state index contributed by atoms with van der Waals surface area (Å²) in [5.41, 5.74) is 6.53. The number of hydrogen-bond donors (Lipinski definition) is 2. The number of benzene rings is 1. The molecule has 0 fully saturated rings. The second-order valence-electron chi connectivity index (χ2n) is 4.09. The third-order valence-corrected chi connectivity index (χ3v) is 4.96. The number of nitrogens with zero attached hydrogens (tertiary/aromatic N) is 1. The summed E-state index contributed by atoms with van der Waals surface area (Å²) in [7, 11) is 0. The smallest absolute Gasteiger partial charge is 0.263 e. The van der Waals surface area contributed by atoms with Crippen molar-refractivity contribution in [2.45, 2.75) is 6.54 Å². The molecule has 20 heavy (non-hydrogen) atoms. The molecule has 0 unspecified atom stereocenters. The van der Waals surface area contributed by atoms with Gasteiger partial charge in [-0.3, -0.25) is 4.79 Å². The topological polar surface area (TPSA) is 68.0 Å². The summed E-state index contributed by atoms with van der Waals surface area (Å²) in [6, 6.07) is 5.42. The lowest BCUT2D eigenvalue weighted by molar-refractivity contribution is 0.0956. The zero-order chi connectivity index (χ0) is 14.1. The highest BCUT2D eigenvalue weighted by Gasteiger charge is 2.16. The van der Waals surface area contributed by atoms with Crippen molar-refractivity contribution in [3.63, 3.8) is 0 Å². The average molecular weight is 324 g/mol. The van der Waals surface area contributed by atoms with E-state index in [0.29, 0.717) is 22.1 Å². The van der Waals surface area contributed by atoms with Crippen molar-refractivity contribution in [2.75, 3.05) is 5.73 Å². The molecule has 0 bridgehead atoms. The third-order valence-electron chi connectivity index (χ3n) is 2.78. The summed E-state index contributed by atoms with van der Waals surface area (Å²) in [6.07, 6.45) is 1.71. The van der Waals surface area contributed by atoms with Gasteiger partial charge in [0.1, 0.15) is 9.88 Å². The minimum Gasteiger partial charge on any atom is -0.397 e. The van der Waals surface area contributed by atoms with Gasteiger partial charge in [0, 0.05) is 26.7 Å². The molecule has 3 aromatic rings. The zero-order valence-corrected chi connectivity index (χ0v) is 12.6. The Kier molecular flexibility index (Phi) is 3.60. The van der Waals surface area contributed by atoms with Gasteiger partial charge in [0.15, 0.2) is 0 Å². The molecule has 7 heteroatoms. The van der Waals surface area contributed by atoms with Gasteiger partial charge in [0.25, 0.3) is 5.91 Å². The van der Waals surface area contributed by atoms with E-state index in [0.717, 1.165) is 15.1 Å². The number of anilines is 1. The molecule has 0 saturated carbocycles. The van der Waals surface area contributed by atoms with Crippen LogP contribution in [0.15, 0.2) is 29.8 Å². The number of carbonyl (C=O) groups excluding carboxylic acids is 1. The Labute approximate surface area is 128 Å². The first-order valence-electron chi connectivity index (χ1n) is 5.79. The van der Waals surface area contributed by atoms with Gasteiger partial charge in [-0.15, -0.1) is 22.7 Å². The van der Waals surface area contributed by atoms with Crippen molar-refractivity contribution in [2.24, 2.45) is 0 Å². The van der Waals surface area contributed by atoms with E-state index in [1.807, 2.05) is 17.5 Å². The number of aromatic nitrogens is 1. The molecule has 0 saturated heterocycles. The average Bonchev–Trinajstić information content (AvgIpc) is 3.04. The quantitative estimate of drug-likeness (QED) is 0.775. The van der Waals surface area contributed by atoms with E-state index in [4.69, 9.17) is 17.3 Å². The van der Waals surface area contributed by atoms with Crippen LogP contribution in [0.2, 0.25) is 5.02 Å². The summed E-state index contributed by atoms with van der Waals surface area (Å²) >= 11 is 8.79. The first-order valence-corrected chi connectivity index (χ1v) is 7.86. The van der Waals surface area contributed by atoms with Crippen molar-refractivity contribution in [3.05, 3.63) is 44.7 Å². The normalized spacial score (nSPS) is 10.8. The van der Waals surface area contributed by atoms with E-state index in [9.17, 15) is 4.79 Å². The van der Waals surface area contributed by atoms with Crippen molar-refractivity contribution < 1.29 is 4.79 Å². The number of hydrogen-bond acceptors (Lipinski definition) is 5. The lowest BCUT2D eigenvalue weighted by atomic mass is 10.2. The largest absolute Gasteiger partial charge is 0.397 e. The lowest BCUT2D eigenvalue weighted by Crippen LogP contribution is -2.22. The molecule has 2 heterocycles. The van der Waals surface area contributed by atoms with Crippen molar-refractivity contribution in [3.8, 4) is 0 Å². The highest BCUT2D eigenvalue weighted by molar-refractivity contribution is 7.21. The molecule has 1 aromatic carbocycles. The molecular formula is C13H10ClN3OS2. The highest BCUT2D eigenvalue weighted by atomic mass is 35.5. The van der Waals surface area contributed by atoms with Crippen LogP contribution in [0.5, 0.6) is 0 Å². The Morgan fingerprint density at radius 2 is 2.30 bits per heavy atom. The first-order chi connectivity index (χ1) is 9.65. The number of carbonyl (C=O) groups is 1. The van der Waals surface area contributed by atoms with Crippen LogP contribution in [0.25, 0.3) is 10.1 Å². The number of nitrogens with one attached hydrogen (secondary N) is 1. The predicted octanol–water partition coefficient (Wildman–Crippen LogP) is 3.52. The first kappa shape index (κ1) is 13.4. The van der Waals surface area contributed by atoms with Crippen LogP contribution in [0.4, 0.5) is 5.69 Å². The van der Waals surface area contributed by atoms with E-state index in [1.165, 1.54) is 22.7 Å². The maximum atomic E-state index is 12.2. The van der Waals surface area contributed by atoms with Gasteiger partial charge in [0.2, 0.25) is 0 Å². The van der Waals surface area contributed by atoms with Crippen molar-refractivity contribution in [1.82, 2.24) is 10.3 Å². The number of thiazole rings is 1. The summed E-state index contributed by atoms with van der Waals surface area (Å²) in [5.74, 6) is -0.185. The molecule has 0 aliphatic heterocycles. The SMILES string of the molecule is Nc1c(C(=O)NCc2nccs2)sc2cc(Cl)ccc12. The second-order valence-corrected chi connectivity index (χ2v) is 6.56. The number of thiophene rings is 1. The lowest BCUT2D eigenvalue weighted by Gasteiger charge is -2.01. The van der Waals surface area contributed by atoms with Crippen molar-refractivity contribution in [1.29, 1.82) is 0 Å². The fourth-order valence-electron chi connectivity index (χ4n) is 1.84. The monoisotopic (exact) mass is 323 g/mol. The Balaban J connectivity index is 1.85. The zero-order valence-electron chi connectivity index (χ0n) is 10.2. The molecule has 0 atom stereocenters. The van der Waals surface area contributed by atoms with Gasteiger partial charge >= 0.3 is 0 Å². The van der Waals surface area contributed by atoms with Gasteiger partial charge in [-0.2, -0.15) is 0 Å². The number of nitrogens with two attached hydrogens (primary N) is 1. The molecule has 0 aliphatic rings. The van der Waals surface area contributed by atoms with Gasteiger partial charge in [-0.25, -0.2) is 4.98 Å². The minimum atomic E-state index is -0.185. The number of rotatable bonds is 3. The van der Waals surface area contributed by atoms with Gasteiger partial charge < -0.3 is 11.1 Å². The Bertz CT molecular complexity index is 767. The molecule has 0 aliphatic carbocycles. The summed E-state index contributed by atoms with van der Waals surface area (Å²) in [4.78, 5) is 16.8.